The number of alkyl halides is 1. The van der Waals surface area contributed by atoms with E-state index in [1.807, 2.05) is 0 Å². The molecule has 0 saturated carbocycles. The van der Waals surface area contributed by atoms with E-state index in [4.69, 9.17) is 5.11 Å². The normalized spacial score (nSPS) is 14.5. The molecule has 0 bridgehead atoms. The number of carboxylic acid groups (broad SMARTS) is 1. The number of rotatable bonds is 12. The lowest BCUT2D eigenvalue weighted by molar-refractivity contribution is -0.149. The van der Waals surface area contributed by atoms with Crippen LogP contribution in [0.5, 0.6) is 0 Å². The van der Waals surface area contributed by atoms with Gasteiger partial charge < -0.3 is 5.11 Å². The summed E-state index contributed by atoms with van der Waals surface area (Å²) in [5.41, 5.74) is -0.593. The maximum absolute atomic E-state index is 12.3. The van der Waals surface area contributed by atoms with Crippen LogP contribution in [0, 0.1) is 17.8 Å². The molecule has 1 rings (SSSR count). The summed E-state index contributed by atoms with van der Waals surface area (Å²) in [6.45, 7) is 23.0. The number of aliphatic carboxylic acids is 1. The minimum Gasteiger partial charge on any atom is -0.479 e. The highest BCUT2D eigenvalue weighted by molar-refractivity contribution is 5.76. The number of hydrogen-bond donors (Lipinski definition) is 1. The average molecular weight is 497 g/mol. The first-order valence-corrected chi connectivity index (χ1v) is 14.3. The molecule has 4 unspecified atom stereocenters. The Morgan fingerprint density at radius 3 is 1.43 bits per heavy atom. The summed E-state index contributed by atoms with van der Waals surface area (Å²) in [7, 11) is 0. The number of carbonyl (C=O) groups is 1. The quantitative estimate of drug-likeness (QED) is 0.292. The lowest BCUT2D eigenvalue weighted by Gasteiger charge is -2.10. The first kappa shape index (κ1) is 38.2. The van der Waals surface area contributed by atoms with Gasteiger partial charge >= 0.3 is 5.97 Å². The van der Waals surface area contributed by atoms with Gasteiger partial charge in [0.1, 0.15) is 0 Å². The van der Waals surface area contributed by atoms with E-state index < -0.39 is 11.6 Å². The highest BCUT2D eigenvalue weighted by Gasteiger charge is 2.29. The van der Waals surface area contributed by atoms with Gasteiger partial charge in [0.15, 0.2) is 0 Å². The van der Waals surface area contributed by atoms with E-state index in [1.165, 1.54) is 63.9 Å². The lowest BCUT2D eigenvalue weighted by atomic mass is 9.97. The van der Waals surface area contributed by atoms with E-state index in [-0.39, 0.29) is 6.42 Å². The van der Waals surface area contributed by atoms with Crippen LogP contribution in [-0.4, -0.2) is 16.7 Å². The Kier molecular flexibility index (Phi) is 26.5. The third kappa shape index (κ3) is 25.5. The van der Waals surface area contributed by atoms with Crippen molar-refractivity contribution in [2.24, 2.45) is 17.8 Å². The van der Waals surface area contributed by atoms with Crippen LogP contribution in [0.2, 0.25) is 0 Å². The molecule has 208 valence electrons. The van der Waals surface area contributed by atoms with Crippen molar-refractivity contribution >= 4 is 5.97 Å². The predicted molar refractivity (Wildman–Crippen MR) is 155 cm³/mol. The van der Waals surface area contributed by atoms with Gasteiger partial charge in [-0.3, -0.25) is 0 Å². The third-order valence-corrected chi connectivity index (χ3v) is 6.95. The highest BCUT2D eigenvalue weighted by Crippen LogP contribution is 2.17. The van der Waals surface area contributed by atoms with Crippen LogP contribution in [0.1, 0.15) is 145 Å². The van der Waals surface area contributed by atoms with Gasteiger partial charge in [-0.1, -0.05) is 145 Å². The van der Waals surface area contributed by atoms with Crippen LogP contribution < -0.4 is 0 Å². The molecule has 0 aliphatic rings. The van der Waals surface area contributed by atoms with Crippen LogP contribution in [0.25, 0.3) is 0 Å². The monoisotopic (exact) mass is 496 g/mol. The maximum Gasteiger partial charge on any atom is 0.341 e. The van der Waals surface area contributed by atoms with Gasteiger partial charge in [-0.15, -0.1) is 0 Å². The number of benzene rings is 1. The number of carboxylic acids is 1. The molecule has 0 aromatic heterocycles. The summed E-state index contributed by atoms with van der Waals surface area (Å²) in [5.74, 6) is 2.10. The van der Waals surface area contributed by atoms with Gasteiger partial charge in [-0.25, -0.2) is 9.18 Å². The summed E-state index contributed by atoms with van der Waals surface area (Å²) < 4.78 is 12.3. The van der Waals surface area contributed by atoms with Gasteiger partial charge in [0.25, 0.3) is 0 Å². The molecule has 0 aliphatic heterocycles. The Balaban J connectivity index is -0.000000407. The van der Waals surface area contributed by atoms with Crippen molar-refractivity contribution < 1.29 is 14.3 Å². The minimum atomic E-state index is -2.04. The van der Waals surface area contributed by atoms with Crippen LogP contribution in [0.15, 0.2) is 30.3 Å². The molecule has 4 atom stereocenters. The highest BCUT2D eigenvalue weighted by atomic mass is 19.1. The second-order valence-corrected chi connectivity index (χ2v) is 10.7. The van der Waals surface area contributed by atoms with Crippen molar-refractivity contribution in [2.75, 3.05) is 0 Å². The molecule has 2 nitrogen and oxygen atoms in total. The van der Waals surface area contributed by atoms with Crippen LogP contribution in [-0.2, 0) is 4.79 Å². The third-order valence-electron chi connectivity index (χ3n) is 6.95. The summed E-state index contributed by atoms with van der Waals surface area (Å²) in [6, 6.07) is 10.6. The molecule has 0 heterocycles. The van der Waals surface area contributed by atoms with Crippen molar-refractivity contribution in [3.05, 3.63) is 35.9 Å². The van der Waals surface area contributed by atoms with Crippen molar-refractivity contribution in [3.63, 3.8) is 0 Å². The second-order valence-electron chi connectivity index (χ2n) is 10.7. The fourth-order valence-electron chi connectivity index (χ4n) is 2.56. The molecule has 0 saturated heterocycles. The zero-order chi connectivity index (χ0) is 27.9. The summed E-state index contributed by atoms with van der Waals surface area (Å²) >= 11 is 0. The Bertz CT molecular complexity index is 556. The van der Waals surface area contributed by atoms with Gasteiger partial charge in [-0.05, 0) is 49.0 Å². The number of halogens is 1. The molecule has 0 amide bonds. The first-order chi connectivity index (χ1) is 16.3. The molecule has 1 N–H and O–H groups in total. The van der Waals surface area contributed by atoms with E-state index in [9.17, 15) is 9.18 Å². The molecular weight excluding hydrogens is 435 g/mol. The first-order valence-electron chi connectivity index (χ1n) is 14.3. The Morgan fingerprint density at radius 2 is 1.20 bits per heavy atom. The van der Waals surface area contributed by atoms with Gasteiger partial charge in [-0.2, -0.15) is 0 Å². The Hall–Kier alpha value is -1.38. The van der Waals surface area contributed by atoms with Crippen molar-refractivity contribution in [1.29, 1.82) is 0 Å². The van der Waals surface area contributed by atoms with Gasteiger partial charge in [0, 0.05) is 0 Å². The largest absolute Gasteiger partial charge is 0.479 e. The Labute approximate surface area is 219 Å². The van der Waals surface area contributed by atoms with Crippen molar-refractivity contribution in [2.45, 2.75) is 146 Å². The van der Waals surface area contributed by atoms with Gasteiger partial charge in [0.05, 0.1) is 0 Å². The van der Waals surface area contributed by atoms with Crippen LogP contribution in [0.4, 0.5) is 4.39 Å². The second kappa shape index (κ2) is 24.3. The molecule has 35 heavy (non-hydrogen) atoms. The molecule has 0 fully saturated rings. The van der Waals surface area contributed by atoms with Crippen LogP contribution in [0.3, 0.4) is 0 Å². The minimum absolute atomic E-state index is 0.0162. The smallest absolute Gasteiger partial charge is 0.341 e. The van der Waals surface area contributed by atoms with E-state index in [2.05, 4.69) is 92.6 Å². The zero-order valence-electron chi connectivity index (χ0n) is 25.3. The summed E-state index contributed by atoms with van der Waals surface area (Å²) in [5, 5.41) is 8.07. The van der Waals surface area contributed by atoms with E-state index >= 15 is 0 Å². The summed E-state index contributed by atoms with van der Waals surface area (Å²) in [6.07, 6.45) is 11.0. The molecule has 0 radical (unpaired) electrons. The molecular formula is C32H61FO2. The van der Waals surface area contributed by atoms with E-state index in [0.717, 1.165) is 24.7 Å². The summed E-state index contributed by atoms with van der Waals surface area (Å²) in [4.78, 5) is 9.88. The fourth-order valence-corrected chi connectivity index (χ4v) is 2.56. The molecule has 0 aliphatic carbocycles. The predicted octanol–water partition coefficient (Wildman–Crippen LogP) is 11.1. The van der Waals surface area contributed by atoms with Crippen LogP contribution >= 0.6 is 0 Å². The molecule has 0 spiro atoms. The molecule has 3 heteroatoms. The lowest BCUT2D eigenvalue weighted by Crippen LogP contribution is -2.28. The topological polar surface area (TPSA) is 37.3 Å². The average Bonchev–Trinajstić information content (AvgIpc) is 2.87. The van der Waals surface area contributed by atoms with E-state index in [0.29, 0.717) is 5.92 Å². The SMILES string of the molecule is CCC(C)(F)C(=O)O.CCC(C)C.CCC(C)CCCCC(C)CC.CCC(C)c1ccccc1. The maximum atomic E-state index is 12.3. The Morgan fingerprint density at radius 1 is 0.800 bits per heavy atom. The van der Waals surface area contributed by atoms with Crippen molar-refractivity contribution in [1.82, 2.24) is 0 Å². The van der Waals surface area contributed by atoms with Gasteiger partial charge in [0.2, 0.25) is 5.67 Å². The molecule has 1 aromatic rings. The van der Waals surface area contributed by atoms with E-state index in [1.54, 1.807) is 0 Å². The standard InChI is InChI=1S/C12H26.C10H14.C5H9FO2.C5H12/c1-5-11(3)9-7-8-10-12(4)6-2;1-3-9(2)10-7-5-4-6-8-10;1-3-5(2,6)4(7)8;1-4-5(2)3/h11-12H,5-10H2,1-4H3;4-9H,3H2,1-2H3;3H2,1-2H3,(H,7,8);5H,4H2,1-3H3. The molecule has 1 aromatic carbocycles. The fraction of sp³-hybridized carbons (Fsp3) is 0.781. The number of unbranched alkanes of at least 4 members (excludes halogenated alkanes) is 1. The van der Waals surface area contributed by atoms with Crippen molar-refractivity contribution in [3.8, 4) is 0 Å². The number of hydrogen-bond acceptors (Lipinski definition) is 1. The zero-order valence-corrected chi connectivity index (χ0v) is 25.3.